The normalized spacial score (nSPS) is 16.7. The molecular formula is C15H24N2O. The molecule has 0 aliphatic carbocycles. The Morgan fingerprint density at radius 3 is 2.39 bits per heavy atom. The second-order valence-electron chi connectivity index (χ2n) is 4.95. The van der Waals surface area contributed by atoms with Crippen LogP contribution in [0.4, 0.5) is 5.69 Å². The van der Waals surface area contributed by atoms with Gasteiger partial charge in [0.2, 0.25) is 0 Å². The number of hydrogen-bond acceptors (Lipinski definition) is 3. The number of nitrogens with zero attached hydrogens (tertiary/aromatic N) is 2. The fourth-order valence-corrected chi connectivity index (χ4v) is 2.57. The van der Waals surface area contributed by atoms with Crippen molar-refractivity contribution < 1.29 is 5.11 Å². The SMILES string of the molecule is OCCN(CCN1CCCCC1)c1ccccc1. The lowest BCUT2D eigenvalue weighted by Gasteiger charge is -2.30. The van der Waals surface area contributed by atoms with Crippen LogP contribution < -0.4 is 4.90 Å². The minimum atomic E-state index is 0.217. The van der Waals surface area contributed by atoms with Crippen LogP contribution in [-0.2, 0) is 0 Å². The Hall–Kier alpha value is -1.06. The van der Waals surface area contributed by atoms with E-state index in [1.807, 2.05) is 6.07 Å². The van der Waals surface area contributed by atoms with E-state index in [0.717, 1.165) is 19.6 Å². The second-order valence-corrected chi connectivity index (χ2v) is 4.95. The summed E-state index contributed by atoms with van der Waals surface area (Å²) in [4.78, 5) is 4.81. The number of aliphatic hydroxyl groups is 1. The number of rotatable bonds is 6. The van der Waals surface area contributed by atoms with Crippen LogP contribution in [0.25, 0.3) is 0 Å². The van der Waals surface area contributed by atoms with Gasteiger partial charge in [0.25, 0.3) is 0 Å². The summed E-state index contributed by atoms with van der Waals surface area (Å²) in [7, 11) is 0. The zero-order valence-corrected chi connectivity index (χ0v) is 11.1. The molecule has 1 N–H and O–H groups in total. The zero-order chi connectivity index (χ0) is 12.6. The number of hydrogen-bond donors (Lipinski definition) is 1. The molecule has 1 aromatic rings. The fourth-order valence-electron chi connectivity index (χ4n) is 2.57. The van der Waals surface area contributed by atoms with E-state index < -0.39 is 0 Å². The van der Waals surface area contributed by atoms with Crippen LogP contribution in [0.3, 0.4) is 0 Å². The molecule has 1 aromatic carbocycles. The first kappa shape index (κ1) is 13.4. The number of piperidine rings is 1. The highest BCUT2D eigenvalue weighted by molar-refractivity contribution is 5.45. The molecule has 1 heterocycles. The molecule has 2 rings (SSSR count). The summed E-state index contributed by atoms with van der Waals surface area (Å²) in [6.45, 7) is 5.52. The Morgan fingerprint density at radius 2 is 1.72 bits per heavy atom. The maximum absolute atomic E-state index is 9.18. The predicted octanol–water partition coefficient (Wildman–Crippen LogP) is 1.97. The molecule has 1 aliphatic heterocycles. The van der Waals surface area contributed by atoms with Crippen molar-refractivity contribution >= 4 is 5.69 Å². The maximum atomic E-state index is 9.18. The van der Waals surface area contributed by atoms with Gasteiger partial charge in [-0.2, -0.15) is 0 Å². The van der Waals surface area contributed by atoms with E-state index in [2.05, 4.69) is 34.1 Å². The van der Waals surface area contributed by atoms with Crippen LogP contribution in [0.15, 0.2) is 30.3 Å². The third-order valence-corrected chi connectivity index (χ3v) is 3.63. The Bertz CT molecular complexity index is 323. The van der Waals surface area contributed by atoms with Crippen LogP contribution >= 0.6 is 0 Å². The Morgan fingerprint density at radius 1 is 1.00 bits per heavy atom. The molecule has 1 aliphatic rings. The largest absolute Gasteiger partial charge is 0.395 e. The van der Waals surface area contributed by atoms with Crippen LogP contribution in [0.2, 0.25) is 0 Å². The number of anilines is 1. The molecule has 18 heavy (non-hydrogen) atoms. The highest BCUT2D eigenvalue weighted by atomic mass is 16.3. The first-order valence-electron chi connectivity index (χ1n) is 7.03. The van der Waals surface area contributed by atoms with Gasteiger partial charge in [-0.1, -0.05) is 24.6 Å². The summed E-state index contributed by atoms with van der Waals surface area (Å²) in [6.07, 6.45) is 4.06. The molecule has 3 nitrogen and oxygen atoms in total. The topological polar surface area (TPSA) is 26.7 Å². The number of aliphatic hydroxyl groups excluding tert-OH is 1. The molecule has 0 spiro atoms. The van der Waals surface area contributed by atoms with E-state index in [-0.39, 0.29) is 6.61 Å². The van der Waals surface area contributed by atoms with Gasteiger partial charge in [-0.15, -0.1) is 0 Å². The number of benzene rings is 1. The summed E-state index contributed by atoms with van der Waals surface area (Å²) in [5.41, 5.74) is 1.21. The van der Waals surface area contributed by atoms with Gasteiger partial charge >= 0.3 is 0 Å². The third-order valence-electron chi connectivity index (χ3n) is 3.63. The second kappa shape index (κ2) is 7.39. The molecule has 0 saturated carbocycles. The van der Waals surface area contributed by atoms with Gasteiger partial charge in [-0.3, -0.25) is 0 Å². The van der Waals surface area contributed by atoms with Crippen LogP contribution in [-0.4, -0.2) is 49.3 Å². The van der Waals surface area contributed by atoms with Crippen molar-refractivity contribution in [3.8, 4) is 0 Å². The average molecular weight is 248 g/mol. The Kier molecular flexibility index (Phi) is 5.49. The van der Waals surface area contributed by atoms with E-state index >= 15 is 0 Å². The van der Waals surface area contributed by atoms with Gasteiger partial charge in [0.1, 0.15) is 0 Å². The minimum Gasteiger partial charge on any atom is -0.395 e. The quantitative estimate of drug-likeness (QED) is 0.834. The lowest BCUT2D eigenvalue weighted by molar-refractivity contribution is 0.230. The minimum absolute atomic E-state index is 0.217. The van der Waals surface area contributed by atoms with Crippen molar-refractivity contribution in [3.63, 3.8) is 0 Å². The van der Waals surface area contributed by atoms with Gasteiger partial charge in [0, 0.05) is 25.3 Å². The lowest BCUT2D eigenvalue weighted by atomic mass is 10.1. The van der Waals surface area contributed by atoms with Crippen molar-refractivity contribution in [3.05, 3.63) is 30.3 Å². The van der Waals surface area contributed by atoms with Crippen LogP contribution in [0.1, 0.15) is 19.3 Å². The molecule has 0 bridgehead atoms. The molecule has 0 atom stereocenters. The highest BCUT2D eigenvalue weighted by Gasteiger charge is 2.12. The van der Waals surface area contributed by atoms with Crippen molar-refractivity contribution in [2.45, 2.75) is 19.3 Å². The molecule has 1 saturated heterocycles. The molecule has 0 radical (unpaired) electrons. The third kappa shape index (κ3) is 4.00. The molecular weight excluding hydrogens is 224 g/mol. The van der Waals surface area contributed by atoms with Crippen LogP contribution in [0.5, 0.6) is 0 Å². The fraction of sp³-hybridized carbons (Fsp3) is 0.600. The first-order valence-corrected chi connectivity index (χ1v) is 7.03. The van der Waals surface area contributed by atoms with Gasteiger partial charge in [0.05, 0.1) is 6.61 Å². The average Bonchev–Trinajstić information content (AvgIpc) is 2.45. The summed E-state index contributed by atoms with van der Waals surface area (Å²) in [5.74, 6) is 0. The van der Waals surface area contributed by atoms with Gasteiger partial charge in [-0.25, -0.2) is 0 Å². The maximum Gasteiger partial charge on any atom is 0.0606 e. The summed E-state index contributed by atoms with van der Waals surface area (Å²) < 4.78 is 0. The van der Waals surface area contributed by atoms with Gasteiger partial charge in [0.15, 0.2) is 0 Å². The Balaban J connectivity index is 1.86. The highest BCUT2D eigenvalue weighted by Crippen LogP contribution is 2.14. The molecule has 0 unspecified atom stereocenters. The summed E-state index contributed by atoms with van der Waals surface area (Å²) in [6, 6.07) is 10.4. The number of para-hydroxylation sites is 1. The molecule has 0 amide bonds. The molecule has 3 heteroatoms. The van der Waals surface area contributed by atoms with Crippen molar-refractivity contribution in [2.24, 2.45) is 0 Å². The smallest absolute Gasteiger partial charge is 0.0606 e. The zero-order valence-electron chi connectivity index (χ0n) is 11.1. The van der Waals surface area contributed by atoms with Crippen LogP contribution in [0, 0.1) is 0 Å². The van der Waals surface area contributed by atoms with Gasteiger partial charge < -0.3 is 14.9 Å². The molecule has 0 aromatic heterocycles. The summed E-state index contributed by atoms with van der Waals surface area (Å²) in [5, 5.41) is 9.18. The van der Waals surface area contributed by atoms with Crippen molar-refractivity contribution in [1.29, 1.82) is 0 Å². The van der Waals surface area contributed by atoms with Crippen molar-refractivity contribution in [1.82, 2.24) is 4.90 Å². The first-order chi connectivity index (χ1) is 8.90. The standard InChI is InChI=1S/C15H24N2O/c18-14-13-17(15-7-3-1-4-8-15)12-11-16-9-5-2-6-10-16/h1,3-4,7-8,18H,2,5-6,9-14H2. The monoisotopic (exact) mass is 248 g/mol. The van der Waals surface area contributed by atoms with E-state index in [1.54, 1.807) is 0 Å². The van der Waals surface area contributed by atoms with E-state index in [9.17, 15) is 5.11 Å². The Labute approximate surface area is 110 Å². The van der Waals surface area contributed by atoms with Gasteiger partial charge in [-0.05, 0) is 38.1 Å². The molecule has 1 fully saturated rings. The van der Waals surface area contributed by atoms with E-state index in [4.69, 9.17) is 0 Å². The predicted molar refractivity (Wildman–Crippen MR) is 76.0 cm³/mol. The van der Waals surface area contributed by atoms with E-state index in [0.29, 0.717) is 0 Å². The van der Waals surface area contributed by atoms with E-state index in [1.165, 1.54) is 38.0 Å². The summed E-state index contributed by atoms with van der Waals surface area (Å²) >= 11 is 0. The number of likely N-dealkylation sites (tertiary alicyclic amines) is 1. The lowest BCUT2D eigenvalue weighted by Crippen LogP contribution is -2.39. The van der Waals surface area contributed by atoms with Crippen molar-refractivity contribution in [2.75, 3.05) is 44.2 Å². The molecule has 100 valence electrons.